The highest BCUT2D eigenvalue weighted by molar-refractivity contribution is 9.10. The number of Topliss-reactive ketones (excluding diaryl/α,β-unsaturated/α-hetero) is 1. The van der Waals surface area contributed by atoms with E-state index in [9.17, 15) is 14.9 Å². The molecule has 5 nitrogen and oxygen atoms in total. The lowest BCUT2D eigenvalue weighted by molar-refractivity contribution is -0.133. The molecule has 0 radical (unpaired) electrons. The lowest BCUT2D eigenvalue weighted by Gasteiger charge is -2.39. The van der Waals surface area contributed by atoms with Crippen LogP contribution in [0.2, 0.25) is 0 Å². The van der Waals surface area contributed by atoms with E-state index < -0.39 is 11.9 Å². The molecule has 0 spiro atoms. The number of carboxylic acid groups (broad SMARTS) is 1. The summed E-state index contributed by atoms with van der Waals surface area (Å²) in [7, 11) is 0. The van der Waals surface area contributed by atoms with Crippen LogP contribution >= 0.6 is 27.7 Å². The van der Waals surface area contributed by atoms with Gasteiger partial charge in [0.1, 0.15) is 0 Å². The summed E-state index contributed by atoms with van der Waals surface area (Å²) in [5.41, 5.74) is 2.50. The summed E-state index contributed by atoms with van der Waals surface area (Å²) < 4.78 is 0.911. The molecule has 3 rings (SSSR count). The molecule has 0 saturated heterocycles. The number of hydrogen-bond donors (Lipinski definition) is 2. The first kappa shape index (κ1) is 19.7. The first-order valence-electron chi connectivity index (χ1n) is 8.49. The summed E-state index contributed by atoms with van der Waals surface area (Å²) in [4.78, 5) is 24.0. The van der Waals surface area contributed by atoms with Crippen LogP contribution in [0.1, 0.15) is 38.2 Å². The molecule has 0 aromatic heterocycles. The molecule has 0 saturated carbocycles. The van der Waals surface area contributed by atoms with Crippen LogP contribution in [0.15, 0.2) is 50.6 Å². The Balaban J connectivity index is 2.14. The number of dihydropyridines is 1. The Morgan fingerprint density at radius 3 is 2.63 bits per heavy atom. The van der Waals surface area contributed by atoms with Crippen LogP contribution in [0, 0.1) is 16.7 Å². The number of carboxylic acids is 1. The number of nitrogens with one attached hydrogen (secondary N) is 1. The molecular formula is C20H19BrN2O3S. The second kappa shape index (κ2) is 7.53. The van der Waals surface area contributed by atoms with Crippen LogP contribution in [0.25, 0.3) is 0 Å². The highest BCUT2D eigenvalue weighted by Crippen LogP contribution is 2.47. The van der Waals surface area contributed by atoms with Crippen molar-refractivity contribution in [2.45, 2.75) is 32.6 Å². The van der Waals surface area contributed by atoms with Crippen LogP contribution in [-0.2, 0) is 9.59 Å². The average Bonchev–Trinajstić information content (AvgIpc) is 2.58. The summed E-state index contributed by atoms with van der Waals surface area (Å²) in [6.45, 7) is 4.08. The van der Waals surface area contributed by atoms with Gasteiger partial charge < -0.3 is 10.4 Å². The van der Waals surface area contributed by atoms with E-state index in [1.165, 1.54) is 0 Å². The molecule has 0 bridgehead atoms. The van der Waals surface area contributed by atoms with Crippen molar-refractivity contribution in [3.05, 3.63) is 56.2 Å². The molecule has 1 atom stereocenters. The van der Waals surface area contributed by atoms with Crippen LogP contribution in [-0.4, -0.2) is 22.6 Å². The van der Waals surface area contributed by atoms with Crippen LogP contribution in [0.5, 0.6) is 0 Å². The first-order valence-corrected chi connectivity index (χ1v) is 10.3. The van der Waals surface area contributed by atoms with Crippen molar-refractivity contribution in [2.24, 2.45) is 5.41 Å². The minimum absolute atomic E-state index is 0.0386. The zero-order valence-electron chi connectivity index (χ0n) is 15.0. The number of thioether (sulfide) groups is 1. The van der Waals surface area contributed by atoms with E-state index in [0.29, 0.717) is 29.0 Å². The first-order chi connectivity index (χ1) is 12.7. The lowest BCUT2D eigenvalue weighted by Crippen LogP contribution is -2.37. The summed E-state index contributed by atoms with van der Waals surface area (Å²) in [5, 5.41) is 22.6. The molecule has 1 aromatic rings. The van der Waals surface area contributed by atoms with Gasteiger partial charge in [-0.05, 0) is 29.5 Å². The number of carbonyl (C=O) groups excluding carboxylic acids is 1. The van der Waals surface area contributed by atoms with Crippen molar-refractivity contribution in [3.63, 3.8) is 0 Å². The number of nitriles is 1. The van der Waals surface area contributed by atoms with Gasteiger partial charge in [0, 0.05) is 22.2 Å². The van der Waals surface area contributed by atoms with E-state index in [-0.39, 0.29) is 17.0 Å². The van der Waals surface area contributed by atoms with Gasteiger partial charge in [0.2, 0.25) is 0 Å². The molecule has 1 aliphatic carbocycles. The molecule has 1 aliphatic heterocycles. The Morgan fingerprint density at radius 1 is 1.37 bits per heavy atom. The monoisotopic (exact) mass is 446 g/mol. The maximum Gasteiger partial charge on any atom is 0.313 e. The second-order valence-corrected chi connectivity index (χ2v) is 9.38. The fraction of sp³-hybridized carbons (Fsp3) is 0.350. The highest BCUT2D eigenvalue weighted by Gasteiger charge is 2.41. The van der Waals surface area contributed by atoms with Crippen molar-refractivity contribution in [3.8, 4) is 6.07 Å². The predicted octanol–water partition coefficient (Wildman–Crippen LogP) is 4.33. The highest BCUT2D eigenvalue weighted by atomic mass is 79.9. The Bertz CT molecular complexity index is 910. The maximum absolute atomic E-state index is 13.0. The summed E-state index contributed by atoms with van der Waals surface area (Å²) >= 11 is 4.50. The Kier molecular flexibility index (Phi) is 5.50. The summed E-state index contributed by atoms with van der Waals surface area (Å²) in [6, 6.07) is 9.78. The third kappa shape index (κ3) is 4.12. The number of benzene rings is 1. The molecule has 0 unspecified atom stereocenters. The van der Waals surface area contributed by atoms with Gasteiger partial charge in [-0.25, -0.2) is 0 Å². The number of carbonyl (C=O) groups is 2. The normalized spacial score (nSPS) is 21.4. The minimum atomic E-state index is -0.952. The zero-order valence-corrected chi connectivity index (χ0v) is 17.4. The predicted molar refractivity (Wildman–Crippen MR) is 108 cm³/mol. The third-order valence-corrected chi connectivity index (χ3v) is 6.20. The third-order valence-electron chi connectivity index (χ3n) is 4.67. The van der Waals surface area contributed by atoms with Crippen LogP contribution < -0.4 is 5.32 Å². The summed E-state index contributed by atoms with van der Waals surface area (Å²) in [6.07, 6.45) is 1.10. The molecule has 7 heteroatoms. The molecular weight excluding hydrogens is 428 g/mol. The van der Waals surface area contributed by atoms with E-state index in [2.05, 4.69) is 27.3 Å². The minimum Gasteiger partial charge on any atom is -0.481 e. The van der Waals surface area contributed by atoms with Gasteiger partial charge in [0.25, 0.3) is 0 Å². The Hall–Kier alpha value is -2.04. The SMILES string of the molecule is CC1(C)CC(=O)C2=C(C1)NC(SCC(=O)O)=C(C#N)[C@H]2c1ccc(Br)cc1. The molecule has 1 aromatic carbocycles. The van der Waals surface area contributed by atoms with Crippen molar-refractivity contribution in [1.82, 2.24) is 5.32 Å². The molecule has 0 amide bonds. The van der Waals surface area contributed by atoms with Gasteiger partial charge in [-0.2, -0.15) is 5.26 Å². The van der Waals surface area contributed by atoms with E-state index in [1.54, 1.807) is 0 Å². The van der Waals surface area contributed by atoms with Crippen LogP contribution in [0.3, 0.4) is 0 Å². The number of rotatable bonds is 4. The topological polar surface area (TPSA) is 90.2 Å². The van der Waals surface area contributed by atoms with Gasteiger partial charge in [-0.1, -0.05) is 53.7 Å². The Labute approximate surface area is 170 Å². The number of halogens is 1. The van der Waals surface area contributed by atoms with Crippen molar-refractivity contribution >= 4 is 39.4 Å². The van der Waals surface area contributed by atoms with E-state index in [0.717, 1.165) is 27.5 Å². The van der Waals surface area contributed by atoms with E-state index in [4.69, 9.17) is 5.11 Å². The molecule has 2 N–H and O–H groups in total. The smallest absolute Gasteiger partial charge is 0.313 e. The van der Waals surface area contributed by atoms with Crippen molar-refractivity contribution in [2.75, 3.05) is 5.75 Å². The van der Waals surface area contributed by atoms with Gasteiger partial charge in [0.15, 0.2) is 5.78 Å². The largest absolute Gasteiger partial charge is 0.481 e. The number of ketones is 1. The van der Waals surface area contributed by atoms with Gasteiger partial charge in [-0.3, -0.25) is 9.59 Å². The molecule has 1 heterocycles. The maximum atomic E-state index is 13.0. The number of allylic oxidation sites excluding steroid dienone is 3. The van der Waals surface area contributed by atoms with Gasteiger partial charge in [-0.15, -0.1) is 0 Å². The zero-order chi connectivity index (χ0) is 19.8. The fourth-order valence-electron chi connectivity index (χ4n) is 3.61. The van der Waals surface area contributed by atoms with Gasteiger partial charge >= 0.3 is 5.97 Å². The molecule has 2 aliphatic rings. The fourth-order valence-corrected chi connectivity index (χ4v) is 4.66. The van der Waals surface area contributed by atoms with Crippen LogP contribution in [0.4, 0.5) is 0 Å². The standard InChI is InChI=1S/C20H19BrN2O3S/c1-20(2)7-14-18(15(24)8-20)17(11-3-5-12(21)6-4-11)13(9-22)19(23-14)27-10-16(25)26/h3-6,17,23H,7-8,10H2,1-2H3,(H,25,26)/t17-/m1/s1. The number of hydrogen-bond acceptors (Lipinski definition) is 5. The van der Waals surface area contributed by atoms with Crippen molar-refractivity contribution in [1.29, 1.82) is 5.26 Å². The summed E-state index contributed by atoms with van der Waals surface area (Å²) in [5.74, 6) is -1.54. The number of aliphatic carboxylic acids is 1. The Morgan fingerprint density at radius 2 is 2.04 bits per heavy atom. The molecule has 27 heavy (non-hydrogen) atoms. The van der Waals surface area contributed by atoms with Crippen molar-refractivity contribution < 1.29 is 14.7 Å². The second-order valence-electron chi connectivity index (χ2n) is 7.48. The average molecular weight is 447 g/mol. The quantitative estimate of drug-likeness (QED) is 0.714. The van der Waals surface area contributed by atoms with Gasteiger partial charge in [0.05, 0.1) is 28.3 Å². The van der Waals surface area contributed by atoms with E-state index in [1.807, 2.05) is 38.1 Å². The lowest BCUT2D eigenvalue weighted by atomic mass is 9.69. The number of nitrogens with zero attached hydrogens (tertiary/aromatic N) is 1. The molecule has 0 fully saturated rings. The molecule has 140 valence electrons. The van der Waals surface area contributed by atoms with E-state index >= 15 is 0 Å².